The predicted octanol–water partition coefficient (Wildman–Crippen LogP) is 4.35. The Labute approximate surface area is 190 Å². The van der Waals surface area contributed by atoms with E-state index in [1.807, 2.05) is 68.4 Å². The summed E-state index contributed by atoms with van der Waals surface area (Å²) in [4.78, 5) is 33.2. The number of aryl methyl sites for hydroxylation is 2. The standard InChI is InChI=1S/C26H23N5O2/c1-15-22(25(32)28-16(2)21-9-6-12-27-14-21)30-31-17(3)23(29-26(33)24(15)31)20-11-10-18-7-4-5-8-19(18)13-20/h4-14,16H,1-3H3,(H,28,32)(H,29,33). The van der Waals surface area contributed by atoms with Gasteiger partial charge < -0.3 is 10.3 Å². The number of benzene rings is 2. The summed E-state index contributed by atoms with van der Waals surface area (Å²) < 4.78 is 1.57. The summed E-state index contributed by atoms with van der Waals surface area (Å²) in [6.07, 6.45) is 3.40. The van der Waals surface area contributed by atoms with Crippen LogP contribution in [0, 0.1) is 13.8 Å². The Morgan fingerprint density at radius 1 is 1.06 bits per heavy atom. The lowest BCUT2D eigenvalue weighted by atomic mass is 10.0. The number of hydrogen-bond donors (Lipinski definition) is 2. The van der Waals surface area contributed by atoms with Gasteiger partial charge in [-0.15, -0.1) is 0 Å². The topological polar surface area (TPSA) is 92.2 Å². The molecule has 1 amide bonds. The van der Waals surface area contributed by atoms with Crippen LogP contribution in [-0.4, -0.2) is 25.5 Å². The molecule has 2 N–H and O–H groups in total. The summed E-state index contributed by atoms with van der Waals surface area (Å²) in [6.45, 7) is 5.52. The molecule has 0 aliphatic carbocycles. The summed E-state index contributed by atoms with van der Waals surface area (Å²) in [5.41, 5.74) is 4.06. The van der Waals surface area contributed by atoms with E-state index in [4.69, 9.17) is 0 Å². The SMILES string of the molecule is Cc1c(C(=O)NC(C)c2cccnc2)nn2c(C)c(-c3ccc4ccccc4c3)[nH]c(=O)c12. The first-order valence-corrected chi connectivity index (χ1v) is 10.8. The van der Waals surface area contributed by atoms with E-state index in [1.54, 1.807) is 23.8 Å². The average Bonchev–Trinajstić information content (AvgIpc) is 3.19. The number of aromatic nitrogens is 4. The third-order valence-corrected chi connectivity index (χ3v) is 6.04. The maximum absolute atomic E-state index is 13.0. The number of nitrogens with one attached hydrogen (secondary N) is 2. The lowest BCUT2D eigenvalue weighted by molar-refractivity contribution is 0.0934. The van der Waals surface area contributed by atoms with Gasteiger partial charge in [-0.2, -0.15) is 5.10 Å². The minimum atomic E-state index is -0.335. The van der Waals surface area contributed by atoms with Crippen molar-refractivity contribution >= 4 is 22.2 Å². The van der Waals surface area contributed by atoms with Crippen molar-refractivity contribution in [2.24, 2.45) is 0 Å². The van der Waals surface area contributed by atoms with Gasteiger partial charge in [0.25, 0.3) is 11.5 Å². The smallest absolute Gasteiger partial charge is 0.274 e. The van der Waals surface area contributed by atoms with Crippen molar-refractivity contribution in [3.8, 4) is 11.3 Å². The van der Waals surface area contributed by atoms with Crippen LogP contribution in [0.25, 0.3) is 27.5 Å². The van der Waals surface area contributed by atoms with E-state index in [1.165, 1.54) is 0 Å². The molecule has 164 valence electrons. The van der Waals surface area contributed by atoms with Crippen LogP contribution in [0.5, 0.6) is 0 Å². The molecule has 2 aromatic carbocycles. The Balaban J connectivity index is 1.57. The molecule has 0 saturated heterocycles. The van der Waals surface area contributed by atoms with Crippen molar-refractivity contribution in [2.45, 2.75) is 26.8 Å². The van der Waals surface area contributed by atoms with Gasteiger partial charge in [0.15, 0.2) is 5.69 Å². The number of fused-ring (bicyclic) bond motifs is 2. The zero-order valence-electron chi connectivity index (χ0n) is 18.6. The van der Waals surface area contributed by atoms with Crippen LogP contribution >= 0.6 is 0 Å². The van der Waals surface area contributed by atoms with E-state index in [2.05, 4.69) is 20.4 Å². The van der Waals surface area contributed by atoms with Crippen LogP contribution in [0.1, 0.15) is 40.3 Å². The van der Waals surface area contributed by atoms with Crippen molar-refractivity contribution < 1.29 is 4.79 Å². The van der Waals surface area contributed by atoms with Gasteiger partial charge in [0.2, 0.25) is 0 Å². The maximum Gasteiger partial charge on any atom is 0.274 e. The number of carbonyl (C=O) groups excluding carboxylic acids is 1. The molecule has 0 radical (unpaired) electrons. The second-order valence-electron chi connectivity index (χ2n) is 8.19. The molecule has 0 spiro atoms. The molecule has 3 heterocycles. The van der Waals surface area contributed by atoms with E-state index in [0.717, 1.165) is 27.6 Å². The van der Waals surface area contributed by atoms with Crippen molar-refractivity contribution in [3.05, 3.63) is 99.9 Å². The van der Waals surface area contributed by atoms with Crippen LogP contribution in [0.3, 0.4) is 0 Å². The van der Waals surface area contributed by atoms with Gasteiger partial charge in [-0.25, -0.2) is 4.52 Å². The number of pyridine rings is 1. The van der Waals surface area contributed by atoms with Crippen LogP contribution in [0.2, 0.25) is 0 Å². The van der Waals surface area contributed by atoms with Gasteiger partial charge in [-0.1, -0.05) is 42.5 Å². The third kappa shape index (κ3) is 3.57. The van der Waals surface area contributed by atoms with Crippen LogP contribution in [0.15, 0.2) is 71.8 Å². The monoisotopic (exact) mass is 437 g/mol. The van der Waals surface area contributed by atoms with Crippen molar-refractivity contribution in [1.82, 2.24) is 24.9 Å². The highest BCUT2D eigenvalue weighted by atomic mass is 16.2. The fourth-order valence-electron chi connectivity index (χ4n) is 4.20. The second-order valence-corrected chi connectivity index (χ2v) is 8.19. The minimum Gasteiger partial charge on any atom is -0.344 e. The Morgan fingerprint density at radius 2 is 1.85 bits per heavy atom. The van der Waals surface area contributed by atoms with Gasteiger partial charge in [-0.3, -0.25) is 14.6 Å². The van der Waals surface area contributed by atoms with Crippen molar-refractivity contribution in [3.63, 3.8) is 0 Å². The molecular weight excluding hydrogens is 414 g/mol. The fraction of sp³-hybridized carbons (Fsp3) is 0.154. The lowest BCUT2D eigenvalue weighted by Gasteiger charge is -2.13. The largest absolute Gasteiger partial charge is 0.344 e. The quantitative estimate of drug-likeness (QED) is 0.437. The van der Waals surface area contributed by atoms with Crippen LogP contribution in [-0.2, 0) is 0 Å². The van der Waals surface area contributed by atoms with Crippen LogP contribution < -0.4 is 10.9 Å². The number of hydrogen-bond acceptors (Lipinski definition) is 4. The van der Waals surface area contributed by atoms with Crippen LogP contribution in [0.4, 0.5) is 0 Å². The average molecular weight is 438 g/mol. The summed E-state index contributed by atoms with van der Waals surface area (Å²) in [6, 6.07) is 17.6. The Morgan fingerprint density at radius 3 is 2.61 bits per heavy atom. The Bertz CT molecular complexity index is 1570. The number of H-pyrrole nitrogens is 1. The number of rotatable bonds is 4. The summed E-state index contributed by atoms with van der Waals surface area (Å²) in [5, 5.41) is 9.69. The number of carbonyl (C=O) groups is 1. The molecule has 3 aromatic heterocycles. The van der Waals surface area contributed by atoms with E-state index in [9.17, 15) is 9.59 Å². The molecule has 0 fully saturated rings. The lowest BCUT2D eigenvalue weighted by Crippen LogP contribution is -2.27. The van der Waals surface area contributed by atoms with Gasteiger partial charge in [-0.05, 0) is 49.2 Å². The second kappa shape index (κ2) is 8.02. The molecule has 1 atom stereocenters. The molecule has 1 unspecified atom stereocenters. The van der Waals surface area contributed by atoms with E-state index < -0.39 is 0 Å². The zero-order valence-corrected chi connectivity index (χ0v) is 18.6. The molecular formula is C26H23N5O2. The number of aromatic amines is 1. The summed E-state index contributed by atoms with van der Waals surface area (Å²) >= 11 is 0. The van der Waals surface area contributed by atoms with Crippen molar-refractivity contribution in [1.29, 1.82) is 0 Å². The summed E-state index contributed by atoms with van der Waals surface area (Å²) in [5.74, 6) is -0.335. The fourth-order valence-corrected chi connectivity index (χ4v) is 4.20. The van der Waals surface area contributed by atoms with Gasteiger partial charge in [0.05, 0.1) is 17.4 Å². The maximum atomic E-state index is 13.0. The van der Waals surface area contributed by atoms with E-state index in [0.29, 0.717) is 16.8 Å². The predicted molar refractivity (Wildman–Crippen MR) is 128 cm³/mol. The van der Waals surface area contributed by atoms with Crippen molar-refractivity contribution in [2.75, 3.05) is 0 Å². The molecule has 7 nitrogen and oxygen atoms in total. The molecule has 7 heteroatoms. The number of nitrogens with zero attached hydrogens (tertiary/aromatic N) is 3. The van der Waals surface area contributed by atoms with E-state index in [-0.39, 0.29) is 23.2 Å². The van der Waals surface area contributed by atoms with E-state index >= 15 is 0 Å². The first-order chi connectivity index (χ1) is 15.9. The first kappa shape index (κ1) is 20.6. The Hall–Kier alpha value is -4.26. The highest BCUT2D eigenvalue weighted by Gasteiger charge is 2.22. The van der Waals surface area contributed by atoms with Gasteiger partial charge >= 0.3 is 0 Å². The number of amides is 1. The zero-order chi connectivity index (χ0) is 23.1. The molecule has 5 aromatic rings. The Kier molecular flexibility index (Phi) is 5.01. The molecule has 0 bridgehead atoms. The minimum absolute atomic E-state index is 0.231. The molecule has 0 aliphatic rings. The van der Waals surface area contributed by atoms with Gasteiger partial charge in [0, 0.05) is 23.5 Å². The molecule has 5 rings (SSSR count). The molecule has 0 saturated carbocycles. The highest BCUT2D eigenvalue weighted by Crippen LogP contribution is 2.26. The molecule has 0 aliphatic heterocycles. The van der Waals surface area contributed by atoms with Gasteiger partial charge in [0.1, 0.15) is 5.52 Å². The molecule has 33 heavy (non-hydrogen) atoms. The summed E-state index contributed by atoms with van der Waals surface area (Å²) in [7, 11) is 0. The third-order valence-electron chi connectivity index (χ3n) is 6.04. The highest BCUT2D eigenvalue weighted by molar-refractivity contribution is 5.96. The normalized spacial score (nSPS) is 12.2. The first-order valence-electron chi connectivity index (χ1n) is 10.8.